The van der Waals surface area contributed by atoms with Gasteiger partial charge in [0.1, 0.15) is 25.3 Å². The fourth-order valence-electron chi connectivity index (χ4n) is 2.85. The summed E-state index contributed by atoms with van der Waals surface area (Å²) in [5, 5.41) is 0. The van der Waals surface area contributed by atoms with E-state index in [0.717, 1.165) is 6.42 Å². The molecule has 2 aliphatic carbocycles. The van der Waals surface area contributed by atoms with Crippen molar-refractivity contribution in [2.75, 3.05) is 20.5 Å². The first kappa shape index (κ1) is 15.1. The van der Waals surface area contributed by atoms with Gasteiger partial charge < -0.3 is 18.9 Å². The average molecular weight is 282 g/mol. The number of rotatable bonds is 6. The van der Waals surface area contributed by atoms with Gasteiger partial charge in [0, 0.05) is 7.11 Å². The molecule has 0 bridgehead atoms. The van der Waals surface area contributed by atoms with E-state index in [1.54, 1.807) is 7.11 Å². The average Bonchev–Trinajstić information content (AvgIpc) is 2.94. The fourth-order valence-corrected chi connectivity index (χ4v) is 2.85. The van der Waals surface area contributed by atoms with Crippen molar-refractivity contribution in [1.29, 1.82) is 0 Å². The van der Waals surface area contributed by atoms with Gasteiger partial charge in [-0.1, -0.05) is 26.5 Å². The first-order chi connectivity index (χ1) is 9.50. The first-order valence-electron chi connectivity index (χ1n) is 6.78. The van der Waals surface area contributed by atoms with Crippen LogP contribution in [0.15, 0.2) is 24.5 Å². The quantitative estimate of drug-likeness (QED) is 0.426. The Bertz CT molecular complexity index is 412. The lowest BCUT2D eigenvalue weighted by atomic mass is 10.0. The van der Waals surface area contributed by atoms with Crippen LogP contribution in [0.3, 0.4) is 0 Å². The molecule has 0 aromatic heterocycles. The third-order valence-corrected chi connectivity index (χ3v) is 4.18. The van der Waals surface area contributed by atoms with Crippen LogP contribution in [0, 0.1) is 17.3 Å². The van der Waals surface area contributed by atoms with Gasteiger partial charge in [-0.25, -0.2) is 4.79 Å². The molecule has 0 aromatic rings. The van der Waals surface area contributed by atoms with Crippen molar-refractivity contribution in [2.45, 2.75) is 26.4 Å². The van der Waals surface area contributed by atoms with Crippen LogP contribution in [0.2, 0.25) is 0 Å². The third-order valence-electron chi connectivity index (χ3n) is 4.18. The van der Waals surface area contributed by atoms with Gasteiger partial charge in [-0.15, -0.1) is 0 Å². The maximum atomic E-state index is 11.6. The Labute approximate surface area is 119 Å². The van der Waals surface area contributed by atoms with Crippen molar-refractivity contribution in [2.24, 2.45) is 17.3 Å². The highest BCUT2D eigenvalue weighted by Crippen LogP contribution is 2.64. The van der Waals surface area contributed by atoms with Gasteiger partial charge in [-0.3, -0.25) is 0 Å². The number of fused-ring (bicyclic) bond motifs is 1. The Morgan fingerprint density at radius 1 is 1.55 bits per heavy atom. The molecule has 0 spiro atoms. The van der Waals surface area contributed by atoms with E-state index in [-0.39, 0.29) is 24.9 Å². The molecule has 0 heterocycles. The summed E-state index contributed by atoms with van der Waals surface area (Å²) < 4.78 is 20.6. The van der Waals surface area contributed by atoms with E-state index in [4.69, 9.17) is 18.9 Å². The molecule has 0 aromatic carbocycles. The SMILES string of the molecule is C=CCOC(=O)OC1=C[C@H]2[C@@H](C[C@H]1OCOC)C2(C)C. The lowest BCUT2D eigenvalue weighted by molar-refractivity contribution is -0.0794. The molecular formula is C15H22O5. The van der Waals surface area contributed by atoms with Gasteiger partial charge in [0.2, 0.25) is 0 Å². The highest BCUT2D eigenvalue weighted by Gasteiger charge is 2.59. The first-order valence-corrected chi connectivity index (χ1v) is 6.78. The normalized spacial score (nSPS) is 29.9. The van der Waals surface area contributed by atoms with Crippen LogP contribution >= 0.6 is 0 Å². The number of carbonyl (C=O) groups excluding carboxylic acids is 1. The molecule has 1 fully saturated rings. The van der Waals surface area contributed by atoms with E-state index in [2.05, 4.69) is 20.4 Å². The second kappa shape index (κ2) is 5.97. The van der Waals surface area contributed by atoms with Crippen molar-refractivity contribution < 1.29 is 23.7 Å². The zero-order valence-corrected chi connectivity index (χ0v) is 12.3. The molecule has 0 aliphatic heterocycles. The van der Waals surface area contributed by atoms with Crippen molar-refractivity contribution >= 4 is 6.16 Å². The second-order valence-electron chi connectivity index (χ2n) is 5.77. The minimum absolute atomic E-state index is 0.132. The lowest BCUT2D eigenvalue weighted by Gasteiger charge is -2.22. The molecule has 0 N–H and O–H groups in total. The number of hydrogen-bond donors (Lipinski definition) is 0. The van der Waals surface area contributed by atoms with Crippen molar-refractivity contribution in [3.8, 4) is 0 Å². The number of carbonyl (C=O) groups is 1. The minimum Gasteiger partial charge on any atom is -0.430 e. The molecule has 5 nitrogen and oxygen atoms in total. The lowest BCUT2D eigenvalue weighted by Crippen LogP contribution is -2.25. The van der Waals surface area contributed by atoms with Crippen LogP contribution in [0.25, 0.3) is 0 Å². The number of ether oxygens (including phenoxy) is 4. The second-order valence-corrected chi connectivity index (χ2v) is 5.77. The van der Waals surface area contributed by atoms with E-state index < -0.39 is 6.16 Å². The van der Waals surface area contributed by atoms with Crippen LogP contribution in [-0.2, 0) is 18.9 Å². The number of allylic oxidation sites excluding steroid dienone is 1. The van der Waals surface area contributed by atoms with Crippen LogP contribution in [0.5, 0.6) is 0 Å². The Morgan fingerprint density at radius 2 is 2.30 bits per heavy atom. The van der Waals surface area contributed by atoms with E-state index in [1.165, 1.54) is 6.08 Å². The molecule has 2 rings (SSSR count). The van der Waals surface area contributed by atoms with E-state index in [1.807, 2.05) is 6.08 Å². The summed E-state index contributed by atoms with van der Waals surface area (Å²) in [6.45, 7) is 8.21. The van der Waals surface area contributed by atoms with E-state index in [0.29, 0.717) is 17.6 Å². The van der Waals surface area contributed by atoms with Gasteiger partial charge in [0.05, 0.1) is 0 Å². The standard InChI is InChI=1S/C15H22O5/c1-5-6-18-14(16)20-13-8-11-10(15(11,2)3)7-12(13)19-9-17-4/h5,8,10-12H,1,6-7,9H2,2-4H3/t10-,11+,12-/m1/s1. The van der Waals surface area contributed by atoms with Crippen molar-refractivity contribution in [1.82, 2.24) is 0 Å². The van der Waals surface area contributed by atoms with Gasteiger partial charge in [-0.2, -0.15) is 0 Å². The predicted octanol–water partition coefficient (Wildman–Crippen LogP) is 2.87. The van der Waals surface area contributed by atoms with E-state index >= 15 is 0 Å². The topological polar surface area (TPSA) is 54.0 Å². The molecule has 20 heavy (non-hydrogen) atoms. The molecule has 3 atom stereocenters. The summed E-state index contributed by atoms with van der Waals surface area (Å²) in [5.74, 6) is 1.54. The molecule has 0 amide bonds. The van der Waals surface area contributed by atoms with Gasteiger partial charge in [0.15, 0.2) is 0 Å². The van der Waals surface area contributed by atoms with E-state index in [9.17, 15) is 4.79 Å². The van der Waals surface area contributed by atoms with Crippen molar-refractivity contribution in [3.63, 3.8) is 0 Å². The Kier molecular flexibility index (Phi) is 4.50. The predicted molar refractivity (Wildman–Crippen MR) is 72.8 cm³/mol. The molecule has 112 valence electrons. The maximum absolute atomic E-state index is 11.6. The smallest absolute Gasteiger partial charge is 0.430 e. The molecular weight excluding hydrogens is 260 g/mol. The molecule has 0 saturated heterocycles. The minimum atomic E-state index is -0.723. The third kappa shape index (κ3) is 3.04. The Balaban J connectivity index is 2.01. The summed E-state index contributed by atoms with van der Waals surface area (Å²) in [7, 11) is 1.56. The van der Waals surface area contributed by atoms with Gasteiger partial charge in [-0.05, 0) is 29.7 Å². The number of methoxy groups -OCH3 is 1. The van der Waals surface area contributed by atoms with Crippen LogP contribution in [0.4, 0.5) is 4.79 Å². The summed E-state index contributed by atoms with van der Waals surface area (Å²) in [6, 6.07) is 0. The number of hydrogen-bond acceptors (Lipinski definition) is 5. The van der Waals surface area contributed by atoms with Crippen LogP contribution in [0.1, 0.15) is 20.3 Å². The van der Waals surface area contributed by atoms with Crippen molar-refractivity contribution in [3.05, 3.63) is 24.5 Å². The summed E-state index contributed by atoms with van der Waals surface area (Å²) in [4.78, 5) is 11.6. The molecule has 2 aliphatic rings. The maximum Gasteiger partial charge on any atom is 0.513 e. The highest BCUT2D eigenvalue weighted by atomic mass is 16.7. The molecule has 1 saturated carbocycles. The molecule has 0 unspecified atom stereocenters. The highest BCUT2D eigenvalue weighted by molar-refractivity contribution is 5.62. The molecule has 5 heteroatoms. The van der Waals surface area contributed by atoms with Gasteiger partial charge in [0.25, 0.3) is 0 Å². The fraction of sp³-hybridized carbons (Fsp3) is 0.667. The summed E-state index contributed by atoms with van der Waals surface area (Å²) >= 11 is 0. The summed E-state index contributed by atoms with van der Waals surface area (Å²) in [5.41, 5.74) is 0.241. The zero-order valence-electron chi connectivity index (χ0n) is 12.3. The summed E-state index contributed by atoms with van der Waals surface area (Å²) in [6.07, 6.45) is 3.34. The Morgan fingerprint density at radius 3 is 2.95 bits per heavy atom. The molecule has 0 radical (unpaired) electrons. The van der Waals surface area contributed by atoms with Gasteiger partial charge >= 0.3 is 6.16 Å². The Hall–Kier alpha value is -1.33. The monoisotopic (exact) mass is 282 g/mol. The van der Waals surface area contributed by atoms with Crippen LogP contribution < -0.4 is 0 Å². The van der Waals surface area contributed by atoms with Crippen LogP contribution in [-0.4, -0.2) is 32.8 Å². The largest absolute Gasteiger partial charge is 0.513 e. The zero-order chi connectivity index (χ0) is 14.8.